The van der Waals surface area contributed by atoms with Crippen molar-refractivity contribution in [3.63, 3.8) is 0 Å². The van der Waals surface area contributed by atoms with Gasteiger partial charge in [0.05, 0.1) is 6.61 Å². The second-order valence-electron chi connectivity index (χ2n) is 4.58. The summed E-state index contributed by atoms with van der Waals surface area (Å²) in [4.78, 5) is 4.35. The van der Waals surface area contributed by atoms with Gasteiger partial charge in [0, 0.05) is 18.0 Å². The molecular formula is C12H21N3OS. The normalized spacial score (nSPS) is 20.4. The summed E-state index contributed by atoms with van der Waals surface area (Å²) in [6.45, 7) is 5.22. The molecule has 1 saturated heterocycles. The highest BCUT2D eigenvalue weighted by atomic mass is 32.1. The number of piperidine rings is 1. The lowest BCUT2D eigenvalue weighted by atomic mass is 9.97. The van der Waals surface area contributed by atoms with Crippen molar-refractivity contribution in [3.05, 3.63) is 5.82 Å². The van der Waals surface area contributed by atoms with Crippen LogP contribution in [0.25, 0.3) is 0 Å². The van der Waals surface area contributed by atoms with Crippen LogP contribution in [0, 0.1) is 5.92 Å². The second-order valence-corrected chi connectivity index (χ2v) is 5.29. The predicted octanol–water partition coefficient (Wildman–Crippen LogP) is 2.26. The van der Waals surface area contributed by atoms with Gasteiger partial charge in [-0.15, -0.1) is 0 Å². The lowest BCUT2D eigenvalue weighted by Crippen LogP contribution is -2.30. The van der Waals surface area contributed by atoms with Gasteiger partial charge in [0.2, 0.25) is 0 Å². The van der Waals surface area contributed by atoms with Crippen LogP contribution in [0.2, 0.25) is 0 Å². The summed E-state index contributed by atoms with van der Waals surface area (Å²) in [6.07, 6.45) is 5.78. The minimum atomic E-state index is 0.734. The molecule has 1 unspecified atom stereocenters. The van der Waals surface area contributed by atoms with Gasteiger partial charge in [-0.25, -0.2) is 0 Å². The summed E-state index contributed by atoms with van der Waals surface area (Å²) in [5.41, 5.74) is 0. The summed E-state index contributed by atoms with van der Waals surface area (Å²) in [6, 6.07) is 0. The Morgan fingerprint density at radius 2 is 2.47 bits per heavy atom. The van der Waals surface area contributed by atoms with E-state index in [2.05, 4.69) is 21.6 Å². The summed E-state index contributed by atoms with van der Waals surface area (Å²) < 4.78 is 9.92. The van der Waals surface area contributed by atoms with Crippen molar-refractivity contribution in [1.29, 1.82) is 0 Å². The van der Waals surface area contributed by atoms with Crippen molar-refractivity contribution in [3.8, 4) is 5.19 Å². The van der Waals surface area contributed by atoms with E-state index in [0.29, 0.717) is 0 Å². The average molecular weight is 255 g/mol. The fraction of sp³-hybridized carbons (Fsp3) is 0.833. The highest BCUT2D eigenvalue weighted by Crippen LogP contribution is 2.18. The van der Waals surface area contributed by atoms with E-state index >= 15 is 0 Å². The quantitative estimate of drug-likeness (QED) is 0.847. The van der Waals surface area contributed by atoms with Crippen LogP contribution in [0.3, 0.4) is 0 Å². The Hall–Kier alpha value is -0.680. The number of aromatic nitrogens is 2. The highest BCUT2D eigenvalue weighted by Gasteiger charge is 2.13. The lowest BCUT2D eigenvalue weighted by Gasteiger charge is -2.22. The van der Waals surface area contributed by atoms with Crippen molar-refractivity contribution in [2.24, 2.45) is 5.92 Å². The van der Waals surface area contributed by atoms with E-state index in [4.69, 9.17) is 4.74 Å². The zero-order chi connectivity index (χ0) is 11.9. The third-order valence-corrected chi connectivity index (χ3v) is 3.74. The topological polar surface area (TPSA) is 47.0 Å². The molecule has 1 atom stereocenters. The van der Waals surface area contributed by atoms with Crippen LogP contribution in [0.4, 0.5) is 0 Å². The molecule has 1 aromatic rings. The minimum Gasteiger partial charge on any atom is -0.469 e. The van der Waals surface area contributed by atoms with Gasteiger partial charge in [-0.3, -0.25) is 0 Å². The van der Waals surface area contributed by atoms with Gasteiger partial charge in [0.1, 0.15) is 5.82 Å². The molecule has 1 N–H and O–H groups in total. The molecule has 2 rings (SSSR count). The Bertz CT molecular complexity index is 323. The molecule has 1 aliphatic rings. The number of nitrogens with one attached hydrogen (secondary N) is 1. The van der Waals surface area contributed by atoms with Gasteiger partial charge in [0.25, 0.3) is 5.19 Å². The molecule has 1 fully saturated rings. The first-order chi connectivity index (χ1) is 8.38. The smallest absolute Gasteiger partial charge is 0.293 e. The molecule has 2 heterocycles. The lowest BCUT2D eigenvalue weighted by molar-refractivity contribution is 0.253. The number of aryl methyl sites for hydroxylation is 1. The first-order valence-electron chi connectivity index (χ1n) is 6.54. The fourth-order valence-electron chi connectivity index (χ4n) is 2.10. The molecule has 4 nitrogen and oxygen atoms in total. The predicted molar refractivity (Wildman–Crippen MR) is 69.6 cm³/mol. The van der Waals surface area contributed by atoms with E-state index in [1.54, 1.807) is 0 Å². The van der Waals surface area contributed by atoms with Gasteiger partial charge in [-0.05, 0) is 44.7 Å². The first-order valence-corrected chi connectivity index (χ1v) is 7.32. The molecule has 0 spiro atoms. The molecule has 1 aromatic heterocycles. The van der Waals surface area contributed by atoms with Crippen LogP contribution in [0.15, 0.2) is 0 Å². The van der Waals surface area contributed by atoms with E-state index in [0.717, 1.165) is 49.4 Å². The van der Waals surface area contributed by atoms with Crippen LogP contribution >= 0.6 is 11.5 Å². The summed E-state index contributed by atoms with van der Waals surface area (Å²) in [5.74, 6) is 1.69. The number of rotatable bonds is 6. The zero-order valence-electron chi connectivity index (χ0n) is 10.4. The first kappa shape index (κ1) is 12.8. The maximum absolute atomic E-state index is 5.65. The molecule has 0 bridgehead atoms. The maximum Gasteiger partial charge on any atom is 0.293 e. The van der Waals surface area contributed by atoms with Gasteiger partial charge >= 0.3 is 0 Å². The van der Waals surface area contributed by atoms with Crippen molar-refractivity contribution in [2.45, 2.75) is 39.0 Å². The van der Waals surface area contributed by atoms with Gasteiger partial charge in [-0.1, -0.05) is 6.92 Å². The van der Waals surface area contributed by atoms with Crippen LogP contribution in [-0.2, 0) is 6.42 Å². The molecule has 0 radical (unpaired) electrons. The zero-order valence-corrected chi connectivity index (χ0v) is 11.3. The van der Waals surface area contributed by atoms with Gasteiger partial charge in [-0.2, -0.15) is 9.36 Å². The molecular weight excluding hydrogens is 234 g/mol. The molecule has 0 aliphatic carbocycles. The number of nitrogens with zero attached hydrogens (tertiary/aromatic N) is 2. The van der Waals surface area contributed by atoms with E-state index in [9.17, 15) is 0 Å². The van der Waals surface area contributed by atoms with Crippen LogP contribution < -0.4 is 10.1 Å². The van der Waals surface area contributed by atoms with E-state index in [-0.39, 0.29) is 0 Å². The van der Waals surface area contributed by atoms with Crippen molar-refractivity contribution in [2.75, 3.05) is 19.7 Å². The largest absolute Gasteiger partial charge is 0.469 e. The third kappa shape index (κ3) is 4.24. The summed E-state index contributed by atoms with van der Waals surface area (Å²) in [7, 11) is 0. The van der Waals surface area contributed by atoms with Crippen molar-refractivity contribution < 1.29 is 4.74 Å². The minimum absolute atomic E-state index is 0.734. The number of ether oxygens (including phenoxy) is 1. The van der Waals surface area contributed by atoms with Crippen molar-refractivity contribution >= 4 is 11.5 Å². The molecule has 96 valence electrons. The number of hydrogen-bond acceptors (Lipinski definition) is 5. The molecule has 5 heteroatoms. The molecule has 1 aliphatic heterocycles. The SMILES string of the molecule is CCCc1nsc(OCCC2CCCNC2)n1. The Balaban J connectivity index is 1.66. The van der Waals surface area contributed by atoms with Crippen LogP contribution in [-0.4, -0.2) is 29.1 Å². The standard InChI is InChI=1S/C12H21N3OS/c1-2-4-11-14-12(17-15-11)16-8-6-10-5-3-7-13-9-10/h10,13H,2-9H2,1H3. The van der Waals surface area contributed by atoms with Crippen molar-refractivity contribution in [1.82, 2.24) is 14.7 Å². The summed E-state index contributed by atoms with van der Waals surface area (Å²) in [5, 5.41) is 4.16. The number of hydrogen-bond donors (Lipinski definition) is 1. The maximum atomic E-state index is 5.65. The monoisotopic (exact) mass is 255 g/mol. The van der Waals surface area contributed by atoms with Crippen LogP contribution in [0.5, 0.6) is 5.19 Å². The second kappa shape index (κ2) is 6.91. The van der Waals surface area contributed by atoms with Gasteiger partial charge in [0.15, 0.2) is 0 Å². The molecule has 0 saturated carbocycles. The third-order valence-electron chi connectivity index (χ3n) is 3.07. The summed E-state index contributed by atoms with van der Waals surface area (Å²) >= 11 is 1.38. The fourth-order valence-corrected chi connectivity index (χ4v) is 2.70. The Morgan fingerprint density at radius 1 is 1.53 bits per heavy atom. The Morgan fingerprint density at radius 3 is 3.24 bits per heavy atom. The average Bonchev–Trinajstić information content (AvgIpc) is 2.79. The molecule has 17 heavy (non-hydrogen) atoms. The Labute approximate surface area is 107 Å². The van der Waals surface area contributed by atoms with Gasteiger partial charge < -0.3 is 10.1 Å². The molecule has 0 amide bonds. The highest BCUT2D eigenvalue weighted by molar-refractivity contribution is 7.07. The van der Waals surface area contributed by atoms with E-state index < -0.39 is 0 Å². The van der Waals surface area contributed by atoms with E-state index in [1.165, 1.54) is 30.9 Å². The van der Waals surface area contributed by atoms with Crippen LogP contribution in [0.1, 0.15) is 38.4 Å². The molecule has 0 aromatic carbocycles. The Kier molecular flexibility index (Phi) is 5.19. The van der Waals surface area contributed by atoms with E-state index in [1.807, 2.05) is 0 Å².